The minimum Gasteiger partial charge on any atom is -0.475 e. The summed E-state index contributed by atoms with van der Waals surface area (Å²) in [5.74, 6) is -1.24. The highest BCUT2D eigenvalue weighted by Gasteiger charge is 2.22. The van der Waals surface area contributed by atoms with Crippen LogP contribution in [0.1, 0.15) is 50.8 Å². The van der Waals surface area contributed by atoms with Crippen molar-refractivity contribution in [2.75, 3.05) is 6.61 Å². The maximum atomic E-state index is 12.0. The summed E-state index contributed by atoms with van der Waals surface area (Å²) in [7, 11) is 0. The second kappa shape index (κ2) is 6.29. The molecular weight excluding hydrogens is 308 g/mol. The van der Waals surface area contributed by atoms with E-state index in [1.807, 2.05) is 0 Å². The molecule has 3 rings (SSSR count). The summed E-state index contributed by atoms with van der Waals surface area (Å²) in [6, 6.07) is 2.87. The second-order valence-corrected chi connectivity index (χ2v) is 5.72. The first-order valence-corrected chi connectivity index (χ1v) is 7.68. The van der Waals surface area contributed by atoms with E-state index in [4.69, 9.17) is 14.3 Å². The first-order valence-electron chi connectivity index (χ1n) is 6.80. The van der Waals surface area contributed by atoms with Gasteiger partial charge in [0.05, 0.1) is 6.54 Å². The fourth-order valence-electron chi connectivity index (χ4n) is 2.16. The zero-order chi connectivity index (χ0) is 15.5. The van der Waals surface area contributed by atoms with Gasteiger partial charge in [-0.1, -0.05) is 0 Å². The molecule has 3 heterocycles. The van der Waals surface area contributed by atoms with E-state index in [-0.39, 0.29) is 24.3 Å². The fourth-order valence-corrected chi connectivity index (χ4v) is 3.04. The van der Waals surface area contributed by atoms with Gasteiger partial charge in [0, 0.05) is 12.0 Å². The van der Waals surface area contributed by atoms with Gasteiger partial charge in [0.15, 0.2) is 0 Å². The lowest BCUT2D eigenvalue weighted by Gasteiger charge is -2.04. The maximum absolute atomic E-state index is 12.0. The molecule has 1 atom stereocenters. The standard InChI is InChI=1S/C14H14N2O5S/c17-12(15-6-8-3-4-11(21-8)14(18)19)9-7-22-13(16-9)10-2-1-5-20-10/h3-4,7,10H,1-2,5-6H2,(H,15,17)(H,18,19)/t10-/m0/s1. The highest BCUT2D eigenvalue weighted by atomic mass is 32.1. The number of furan rings is 1. The smallest absolute Gasteiger partial charge is 0.371 e. The first kappa shape index (κ1) is 14.7. The lowest BCUT2D eigenvalue weighted by Crippen LogP contribution is -2.23. The molecule has 22 heavy (non-hydrogen) atoms. The van der Waals surface area contributed by atoms with E-state index >= 15 is 0 Å². The van der Waals surface area contributed by atoms with Gasteiger partial charge in [-0.2, -0.15) is 0 Å². The maximum Gasteiger partial charge on any atom is 0.371 e. The molecule has 0 radical (unpaired) electrons. The van der Waals surface area contributed by atoms with Crippen molar-refractivity contribution < 1.29 is 23.8 Å². The highest BCUT2D eigenvalue weighted by molar-refractivity contribution is 7.09. The van der Waals surface area contributed by atoms with Crippen LogP contribution in [0.15, 0.2) is 21.9 Å². The SMILES string of the molecule is O=C(NCc1ccc(C(=O)O)o1)c1csc([C@@H]2CCCO2)n1. The molecule has 0 saturated carbocycles. The zero-order valence-electron chi connectivity index (χ0n) is 11.6. The van der Waals surface area contributed by atoms with Crippen molar-refractivity contribution in [2.24, 2.45) is 0 Å². The quantitative estimate of drug-likeness (QED) is 0.875. The van der Waals surface area contributed by atoms with E-state index in [1.54, 1.807) is 5.38 Å². The van der Waals surface area contributed by atoms with Crippen molar-refractivity contribution in [3.05, 3.63) is 39.7 Å². The molecule has 0 spiro atoms. The molecule has 8 heteroatoms. The molecule has 1 fully saturated rings. The van der Waals surface area contributed by atoms with Crippen LogP contribution < -0.4 is 5.32 Å². The van der Waals surface area contributed by atoms with Crippen LogP contribution in [0.3, 0.4) is 0 Å². The Morgan fingerprint density at radius 3 is 3.00 bits per heavy atom. The van der Waals surface area contributed by atoms with Gasteiger partial charge in [0.1, 0.15) is 22.6 Å². The topological polar surface area (TPSA) is 102 Å². The van der Waals surface area contributed by atoms with Crippen LogP contribution in [0.2, 0.25) is 0 Å². The van der Waals surface area contributed by atoms with E-state index in [0.29, 0.717) is 11.5 Å². The Kier molecular flexibility index (Phi) is 4.21. The molecular formula is C14H14N2O5S. The van der Waals surface area contributed by atoms with Gasteiger partial charge in [-0.3, -0.25) is 4.79 Å². The van der Waals surface area contributed by atoms with E-state index in [2.05, 4.69) is 10.3 Å². The van der Waals surface area contributed by atoms with Crippen molar-refractivity contribution in [3.8, 4) is 0 Å². The minimum absolute atomic E-state index is 0.00486. The number of carbonyl (C=O) groups is 2. The van der Waals surface area contributed by atoms with Crippen LogP contribution in [0, 0.1) is 0 Å². The van der Waals surface area contributed by atoms with Crippen LogP contribution in [0.4, 0.5) is 0 Å². The monoisotopic (exact) mass is 322 g/mol. The lowest BCUT2D eigenvalue weighted by molar-refractivity contribution is 0.0660. The summed E-state index contributed by atoms with van der Waals surface area (Å²) >= 11 is 1.41. The minimum atomic E-state index is -1.14. The number of carboxylic acid groups (broad SMARTS) is 1. The molecule has 0 bridgehead atoms. The number of aromatic carboxylic acids is 1. The van der Waals surface area contributed by atoms with Gasteiger partial charge in [-0.15, -0.1) is 11.3 Å². The lowest BCUT2D eigenvalue weighted by atomic mass is 10.2. The molecule has 116 valence electrons. The normalized spacial score (nSPS) is 17.5. The Hall–Kier alpha value is -2.19. The molecule has 0 unspecified atom stereocenters. The molecule has 1 amide bonds. The van der Waals surface area contributed by atoms with Gasteiger partial charge in [0.2, 0.25) is 5.76 Å². The van der Waals surface area contributed by atoms with Gasteiger partial charge < -0.3 is 19.6 Å². The van der Waals surface area contributed by atoms with Crippen molar-refractivity contribution in [1.29, 1.82) is 0 Å². The molecule has 2 N–H and O–H groups in total. The number of rotatable bonds is 5. The predicted octanol–water partition coefficient (Wildman–Crippen LogP) is 2.22. The van der Waals surface area contributed by atoms with Crippen molar-refractivity contribution in [2.45, 2.75) is 25.5 Å². The second-order valence-electron chi connectivity index (χ2n) is 4.83. The average Bonchev–Trinajstić information content (AvgIpc) is 3.23. The third kappa shape index (κ3) is 3.18. The van der Waals surface area contributed by atoms with Crippen LogP contribution in [0.5, 0.6) is 0 Å². The number of amides is 1. The number of aromatic nitrogens is 1. The first-order chi connectivity index (χ1) is 10.6. The summed E-state index contributed by atoms with van der Waals surface area (Å²) < 4.78 is 10.6. The van der Waals surface area contributed by atoms with Crippen LogP contribution in [-0.4, -0.2) is 28.6 Å². The summed E-state index contributed by atoms with van der Waals surface area (Å²) in [5.41, 5.74) is 0.334. The summed E-state index contributed by atoms with van der Waals surface area (Å²) in [6.07, 6.45) is 1.93. The van der Waals surface area contributed by atoms with E-state index < -0.39 is 5.97 Å². The zero-order valence-corrected chi connectivity index (χ0v) is 12.4. The van der Waals surface area contributed by atoms with Crippen LogP contribution >= 0.6 is 11.3 Å². The van der Waals surface area contributed by atoms with E-state index in [0.717, 1.165) is 24.5 Å². The molecule has 0 aliphatic carbocycles. The number of thiazole rings is 1. The Bertz CT molecular complexity index is 687. The number of hydrogen-bond donors (Lipinski definition) is 2. The average molecular weight is 322 g/mol. The molecule has 2 aromatic heterocycles. The number of ether oxygens (including phenoxy) is 1. The largest absolute Gasteiger partial charge is 0.475 e. The van der Waals surface area contributed by atoms with Crippen LogP contribution in [-0.2, 0) is 11.3 Å². The predicted molar refractivity (Wildman–Crippen MR) is 76.9 cm³/mol. The number of carboxylic acids is 1. The van der Waals surface area contributed by atoms with Crippen molar-refractivity contribution in [3.63, 3.8) is 0 Å². The highest BCUT2D eigenvalue weighted by Crippen LogP contribution is 2.30. The third-order valence-electron chi connectivity index (χ3n) is 3.26. The molecule has 2 aromatic rings. The summed E-state index contributed by atoms with van der Waals surface area (Å²) in [4.78, 5) is 27.0. The fraction of sp³-hybridized carbons (Fsp3) is 0.357. The van der Waals surface area contributed by atoms with E-state index in [9.17, 15) is 9.59 Å². The van der Waals surface area contributed by atoms with Crippen molar-refractivity contribution in [1.82, 2.24) is 10.3 Å². The Morgan fingerprint density at radius 1 is 1.45 bits per heavy atom. The summed E-state index contributed by atoms with van der Waals surface area (Å²) in [5, 5.41) is 13.9. The Labute approximate surface area is 129 Å². The molecule has 1 saturated heterocycles. The molecule has 1 aliphatic rings. The molecule has 0 aromatic carbocycles. The van der Waals surface area contributed by atoms with Crippen molar-refractivity contribution >= 4 is 23.2 Å². The number of nitrogens with one attached hydrogen (secondary N) is 1. The molecule has 1 aliphatic heterocycles. The van der Waals surface area contributed by atoms with Gasteiger partial charge >= 0.3 is 5.97 Å². The number of carbonyl (C=O) groups excluding carboxylic acids is 1. The molecule has 7 nitrogen and oxygen atoms in total. The van der Waals surface area contributed by atoms with Crippen LogP contribution in [0.25, 0.3) is 0 Å². The van der Waals surface area contributed by atoms with Gasteiger partial charge in [-0.05, 0) is 25.0 Å². The third-order valence-corrected chi connectivity index (χ3v) is 4.19. The van der Waals surface area contributed by atoms with Gasteiger partial charge in [-0.25, -0.2) is 9.78 Å². The summed E-state index contributed by atoms with van der Waals surface area (Å²) in [6.45, 7) is 0.842. The number of hydrogen-bond acceptors (Lipinski definition) is 6. The van der Waals surface area contributed by atoms with E-state index in [1.165, 1.54) is 23.5 Å². The Morgan fingerprint density at radius 2 is 2.32 bits per heavy atom. The van der Waals surface area contributed by atoms with Gasteiger partial charge in [0.25, 0.3) is 5.91 Å². The Balaban J connectivity index is 1.58. The number of nitrogens with zero attached hydrogens (tertiary/aromatic N) is 1.